The van der Waals surface area contributed by atoms with Crippen LogP contribution in [0.5, 0.6) is 0 Å². The van der Waals surface area contributed by atoms with Crippen LogP contribution in [0.1, 0.15) is 5.69 Å². The zero-order chi connectivity index (χ0) is 12.4. The molecular weight excluding hydrogens is 228 g/mol. The quantitative estimate of drug-likeness (QED) is 0.816. The van der Waals surface area contributed by atoms with Gasteiger partial charge >= 0.3 is 0 Å². The first-order chi connectivity index (χ1) is 8.81. The van der Waals surface area contributed by atoms with Crippen LogP contribution in [0.25, 0.3) is 10.9 Å². The Morgan fingerprint density at radius 1 is 1.11 bits per heavy atom. The molecule has 3 rings (SSSR count). The SMILES string of the molecule is O=C1CN=C(Cc2ccc3ccccc3n2)NN1. The Bertz CT molecular complexity index is 636. The third-order valence-corrected chi connectivity index (χ3v) is 2.76. The molecule has 1 aromatic carbocycles. The van der Waals surface area contributed by atoms with E-state index in [0.717, 1.165) is 22.4 Å². The van der Waals surface area contributed by atoms with Gasteiger partial charge in [-0.2, -0.15) is 0 Å². The molecule has 0 radical (unpaired) electrons. The first-order valence-corrected chi connectivity index (χ1v) is 5.74. The molecule has 0 bridgehead atoms. The second-order valence-corrected chi connectivity index (χ2v) is 4.11. The Hall–Kier alpha value is -2.43. The lowest BCUT2D eigenvalue weighted by Crippen LogP contribution is -2.47. The highest BCUT2D eigenvalue weighted by atomic mass is 16.2. The smallest absolute Gasteiger partial charge is 0.260 e. The molecule has 5 nitrogen and oxygen atoms in total. The molecule has 1 aliphatic rings. The number of pyridine rings is 1. The fourth-order valence-electron chi connectivity index (χ4n) is 1.87. The Kier molecular flexibility index (Phi) is 2.64. The van der Waals surface area contributed by atoms with Crippen molar-refractivity contribution in [1.82, 2.24) is 15.8 Å². The minimum atomic E-state index is -0.120. The van der Waals surface area contributed by atoms with E-state index in [0.29, 0.717) is 6.42 Å². The summed E-state index contributed by atoms with van der Waals surface area (Å²) < 4.78 is 0. The Morgan fingerprint density at radius 3 is 2.83 bits per heavy atom. The second kappa shape index (κ2) is 4.44. The normalized spacial score (nSPS) is 14.9. The van der Waals surface area contributed by atoms with Gasteiger partial charge in [-0.3, -0.25) is 25.6 Å². The van der Waals surface area contributed by atoms with Gasteiger partial charge < -0.3 is 0 Å². The lowest BCUT2D eigenvalue weighted by atomic mass is 10.2. The number of hydrogen-bond acceptors (Lipinski definition) is 4. The molecule has 5 heteroatoms. The average Bonchev–Trinajstić information content (AvgIpc) is 2.41. The highest BCUT2D eigenvalue weighted by Gasteiger charge is 2.10. The molecule has 0 saturated carbocycles. The van der Waals surface area contributed by atoms with E-state index in [1.807, 2.05) is 36.4 Å². The van der Waals surface area contributed by atoms with Crippen molar-refractivity contribution in [3.05, 3.63) is 42.1 Å². The van der Waals surface area contributed by atoms with Gasteiger partial charge in [-0.15, -0.1) is 0 Å². The fourth-order valence-corrected chi connectivity index (χ4v) is 1.87. The van der Waals surface area contributed by atoms with Gasteiger partial charge in [-0.05, 0) is 12.1 Å². The van der Waals surface area contributed by atoms with E-state index >= 15 is 0 Å². The maximum absolute atomic E-state index is 10.9. The molecule has 0 spiro atoms. The summed E-state index contributed by atoms with van der Waals surface area (Å²) in [7, 11) is 0. The van der Waals surface area contributed by atoms with Gasteiger partial charge in [-0.25, -0.2) is 0 Å². The van der Waals surface area contributed by atoms with E-state index in [4.69, 9.17) is 0 Å². The Labute approximate surface area is 104 Å². The number of para-hydroxylation sites is 1. The molecule has 0 atom stereocenters. The third kappa shape index (κ3) is 2.15. The molecule has 1 aromatic heterocycles. The Balaban J connectivity index is 1.84. The van der Waals surface area contributed by atoms with E-state index in [-0.39, 0.29) is 12.5 Å². The first kappa shape index (κ1) is 10.7. The van der Waals surface area contributed by atoms with E-state index in [1.165, 1.54) is 0 Å². The zero-order valence-electron chi connectivity index (χ0n) is 9.68. The van der Waals surface area contributed by atoms with Crippen LogP contribution in [0.3, 0.4) is 0 Å². The largest absolute Gasteiger partial charge is 0.285 e. The van der Waals surface area contributed by atoms with Crippen molar-refractivity contribution in [3.8, 4) is 0 Å². The van der Waals surface area contributed by atoms with Crippen LogP contribution in [-0.2, 0) is 11.2 Å². The van der Waals surface area contributed by atoms with Gasteiger partial charge in [0.05, 0.1) is 5.52 Å². The summed E-state index contributed by atoms with van der Waals surface area (Å²) in [5.74, 6) is 0.614. The van der Waals surface area contributed by atoms with Crippen LogP contribution in [-0.4, -0.2) is 23.3 Å². The van der Waals surface area contributed by atoms with Crippen LogP contribution in [0.2, 0.25) is 0 Å². The topological polar surface area (TPSA) is 66.4 Å². The standard InChI is InChI=1S/C13H12N4O/c18-13-8-14-12(16-17-13)7-10-6-5-9-3-1-2-4-11(9)15-10/h1-6H,7-8H2,(H,14,16)(H,17,18). The molecule has 18 heavy (non-hydrogen) atoms. The molecular formula is C13H12N4O. The number of amides is 1. The first-order valence-electron chi connectivity index (χ1n) is 5.74. The van der Waals surface area contributed by atoms with Crippen LogP contribution in [0, 0.1) is 0 Å². The number of hydrogen-bond donors (Lipinski definition) is 2. The molecule has 1 aliphatic heterocycles. The molecule has 0 saturated heterocycles. The molecule has 90 valence electrons. The van der Waals surface area contributed by atoms with Gasteiger partial charge in [0.15, 0.2) is 0 Å². The summed E-state index contributed by atoms with van der Waals surface area (Å²) in [5, 5.41) is 1.12. The lowest BCUT2D eigenvalue weighted by molar-refractivity contribution is -0.120. The number of aromatic nitrogens is 1. The van der Waals surface area contributed by atoms with Crippen molar-refractivity contribution in [3.63, 3.8) is 0 Å². The van der Waals surface area contributed by atoms with Gasteiger partial charge in [0, 0.05) is 17.5 Å². The number of amidine groups is 1. The van der Waals surface area contributed by atoms with Crippen molar-refractivity contribution in [2.75, 3.05) is 6.54 Å². The highest BCUT2D eigenvalue weighted by Crippen LogP contribution is 2.12. The summed E-state index contributed by atoms with van der Waals surface area (Å²) >= 11 is 0. The van der Waals surface area contributed by atoms with Crippen molar-refractivity contribution in [2.24, 2.45) is 4.99 Å². The number of carbonyl (C=O) groups is 1. The summed E-state index contributed by atoms with van der Waals surface area (Å²) in [6.07, 6.45) is 0.588. The van der Waals surface area contributed by atoms with Gasteiger partial charge in [0.25, 0.3) is 5.91 Å². The van der Waals surface area contributed by atoms with Gasteiger partial charge in [-0.1, -0.05) is 24.3 Å². The number of nitrogens with one attached hydrogen (secondary N) is 2. The molecule has 0 fully saturated rings. The van der Waals surface area contributed by atoms with Crippen molar-refractivity contribution in [2.45, 2.75) is 6.42 Å². The maximum Gasteiger partial charge on any atom is 0.260 e. The van der Waals surface area contributed by atoms with Crippen LogP contribution < -0.4 is 10.9 Å². The number of rotatable bonds is 2. The molecule has 2 aromatic rings. The minimum absolute atomic E-state index is 0.120. The van der Waals surface area contributed by atoms with Crippen molar-refractivity contribution in [1.29, 1.82) is 0 Å². The zero-order valence-corrected chi connectivity index (χ0v) is 9.68. The van der Waals surface area contributed by atoms with Crippen LogP contribution in [0.4, 0.5) is 0 Å². The van der Waals surface area contributed by atoms with E-state index in [2.05, 4.69) is 20.8 Å². The molecule has 2 heterocycles. The number of fused-ring (bicyclic) bond motifs is 1. The Morgan fingerprint density at radius 2 is 2.00 bits per heavy atom. The fraction of sp³-hybridized carbons (Fsp3) is 0.154. The van der Waals surface area contributed by atoms with E-state index in [1.54, 1.807) is 0 Å². The molecule has 2 N–H and O–H groups in total. The summed E-state index contributed by atoms with van der Waals surface area (Å²) in [5.41, 5.74) is 7.21. The van der Waals surface area contributed by atoms with Gasteiger partial charge in [0.2, 0.25) is 0 Å². The van der Waals surface area contributed by atoms with Crippen LogP contribution >= 0.6 is 0 Å². The minimum Gasteiger partial charge on any atom is -0.285 e. The average molecular weight is 240 g/mol. The number of hydrazine groups is 1. The third-order valence-electron chi connectivity index (χ3n) is 2.76. The predicted molar refractivity (Wildman–Crippen MR) is 69.0 cm³/mol. The highest BCUT2D eigenvalue weighted by molar-refractivity contribution is 5.92. The molecule has 1 amide bonds. The summed E-state index contributed by atoms with van der Waals surface area (Å²) in [6, 6.07) is 12.0. The molecule has 0 unspecified atom stereocenters. The predicted octanol–water partition coefficient (Wildman–Crippen LogP) is 0.810. The lowest BCUT2D eigenvalue weighted by Gasteiger charge is -2.15. The number of carbonyl (C=O) groups excluding carboxylic acids is 1. The van der Waals surface area contributed by atoms with Crippen molar-refractivity contribution >= 4 is 22.6 Å². The van der Waals surface area contributed by atoms with E-state index < -0.39 is 0 Å². The number of aliphatic imine (C=N–C) groups is 1. The summed E-state index contributed by atoms with van der Waals surface area (Å²) in [6.45, 7) is 0.177. The van der Waals surface area contributed by atoms with Crippen LogP contribution in [0.15, 0.2) is 41.4 Å². The number of benzene rings is 1. The van der Waals surface area contributed by atoms with E-state index in [9.17, 15) is 4.79 Å². The number of nitrogens with zero attached hydrogens (tertiary/aromatic N) is 2. The maximum atomic E-state index is 10.9. The second-order valence-electron chi connectivity index (χ2n) is 4.11. The van der Waals surface area contributed by atoms with Crippen molar-refractivity contribution < 1.29 is 4.79 Å². The summed E-state index contributed by atoms with van der Waals surface area (Å²) in [4.78, 5) is 19.6. The van der Waals surface area contributed by atoms with Gasteiger partial charge in [0.1, 0.15) is 12.4 Å². The molecule has 0 aliphatic carbocycles. The monoisotopic (exact) mass is 240 g/mol.